The van der Waals surface area contributed by atoms with Crippen molar-refractivity contribution in [3.8, 4) is 0 Å². The number of rotatable bonds is 3. The van der Waals surface area contributed by atoms with Gasteiger partial charge < -0.3 is 19.7 Å². The molecule has 2 fully saturated rings. The lowest BCUT2D eigenvalue weighted by Crippen LogP contribution is -2.59. The second-order valence-corrected chi connectivity index (χ2v) is 4.51. The van der Waals surface area contributed by atoms with Gasteiger partial charge in [-0.1, -0.05) is 0 Å². The molecular weight excluding hydrogens is 236 g/mol. The average molecular weight is 256 g/mol. The second-order valence-electron chi connectivity index (χ2n) is 4.51. The fourth-order valence-corrected chi connectivity index (χ4v) is 2.37. The Morgan fingerprint density at radius 2 is 2.33 bits per heavy atom. The van der Waals surface area contributed by atoms with Crippen molar-refractivity contribution < 1.29 is 19.1 Å². The van der Waals surface area contributed by atoms with E-state index in [4.69, 9.17) is 9.47 Å². The number of hydrogen-bond donors (Lipinski definition) is 1. The zero-order valence-corrected chi connectivity index (χ0v) is 10.7. The van der Waals surface area contributed by atoms with Gasteiger partial charge in [-0.2, -0.15) is 0 Å². The molecule has 1 unspecified atom stereocenters. The maximum Gasteiger partial charge on any atom is 0.330 e. The smallest absolute Gasteiger partial charge is 0.330 e. The number of ether oxygens (including phenoxy) is 2. The van der Waals surface area contributed by atoms with Gasteiger partial charge in [0.25, 0.3) is 5.91 Å². The van der Waals surface area contributed by atoms with E-state index in [0.29, 0.717) is 32.8 Å². The third-order valence-corrected chi connectivity index (χ3v) is 3.29. The molecule has 1 N–H and O–H groups in total. The van der Waals surface area contributed by atoms with Crippen LogP contribution in [0.4, 0.5) is 0 Å². The van der Waals surface area contributed by atoms with Crippen molar-refractivity contribution in [2.24, 2.45) is 0 Å². The summed E-state index contributed by atoms with van der Waals surface area (Å²) in [4.78, 5) is 25.7. The Balaban J connectivity index is 2.02. The Morgan fingerprint density at radius 1 is 1.50 bits per heavy atom. The average Bonchev–Trinajstić information content (AvgIpc) is 2.92. The van der Waals surface area contributed by atoms with Crippen LogP contribution in [-0.4, -0.2) is 61.8 Å². The molecule has 0 aromatic heterocycles. The van der Waals surface area contributed by atoms with Crippen molar-refractivity contribution in [1.82, 2.24) is 10.2 Å². The highest BCUT2D eigenvalue weighted by atomic mass is 16.5. The molecule has 2 atom stereocenters. The summed E-state index contributed by atoms with van der Waals surface area (Å²) < 4.78 is 10.4. The number of esters is 1. The van der Waals surface area contributed by atoms with Gasteiger partial charge >= 0.3 is 5.97 Å². The summed E-state index contributed by atoms with van der Waals surface area (Å²) in [6.45, 7) is 4.41. The molecule has 2 rings (SSSR count). The molecule has 2 heterocycles. The van der Waals surface area contributed by atoms with Crippen LogP contribution >= 0.6 is 0 Å². The SMILES string of the molecule is CCOC(=O)C1CNCCN1C(=O)[C@H]1CCCO1. The Hall–Kier alpha value is -1.14. The maximum absolute atomic E-state index is 12.3. The van der Waals surface area contributed by atoms with E-state index < -0.39 is 6.04 Å². The van der Waals surface area contributed by atoms with E-state index in [1.807, 2.05) is 0 Å². The lowest BCUT2D eigenvalue weighted by atomic mass is 10.1. The minimum absolute atomic E-state index is 0.0768. The molecule has 0 aromatic carbocycles. The fourth-order valence-electron chi connectivity index (χ4n) is 2.37. The van der Waals surface area contributed by atoms with Gasteiger partial charge in [-0.05, 0) is 19.8 Å². The zero-order valence-electron chi connectivity index (χ0n) is 10.7. The third-order valence-electron chi connectivity index (χ3n) is 3.29. The molecule has 18 heavy (non-hydrogen) atoms. The highest BCUT2D eigenvalue weighted by molar-refractivity contribution is 5.87. The van der Waals surface area contributed by atoms with E-state index in [1.54, 1.807) is 11.8 Å². The number of amides is 1. The molecule has 0 saturated carbocycles. The quantitative estimate of drug-likeness (QED) is 0.691. The largest absolute Gasteiger partial charge is 0.464 e. The summed E-state index contributed by atoms with van der Waals surface area (Å²) in [7, 11) is 0. The van der Waals surface area contributed by atoms with E-state index in [0.717, 1.165) is 12.8 Å². The van der Waals surface area contributed by atoms with Gasteiger partial charge in [0.05, 0.1) is 6.61 Å². The minimum atomic E-state index is -0.518. The molecule has 0 spiro atoms. The Bertz CT molecular complexity index is 315. The van der Waals surface area contributed by atoms with Crippen LogP contribution in [0.1, 0.15) is 19.8 Å². The van der Waals surface area contributed by atoms with Crippen LogP contribution in [0.3, 0.4) is 0 Å². The first kappa shape index (κ1) is 13.3. The lowest BCUT2D eigenvalue weighted by molar-refractivity contribution is -0.159. The summed E-state index contributed by atoms with van der Waals surface area (Å²) in [5, 5.41) is 3.11. The van der Waals surface area contributed by atoms with Crippen LogP contribution < -0.4 is 5.32 Å². The molecule has 102 valence electrons. The molecular formula is C12H20N2O4. The first-order valence-electron chi connectivity index (χ1n) is 6.53. The molecule has 6 nitrogen and oxygen atoms in total. The van der Waals surface area contributed by atoms with Crippen molar-refractivity contribution in [3.63, 3.8) is 0 Å². The lowest BCUT2D eigenvalue weighted by Gasteiger charge is -2.35. The topological polar surface area (TPSA) is 67.9 Å². The Labute approximate surface area is 107 Å². The van der Waals surface area contributed by atoms with Crippen molar-refractivity contribution >= 4 is 11.9 Å². The van der Waals surface area contributed by atoms with Crippen molar-refractivity contribution in [2.75, 3.05) is 32.8 Å². The molecule has 0 radical (unpaired) electrons. The summed E-state index contributed by atoms with van der Waals surface area (Å²) in [6.07, 6.45) is 1.28. The molecule has 2 saturated heterocycles. The predicted octanol–water partition coefficient (Wildman–Crippen LogP) is -0.471. The monoisotopic (exact) mass is 256 g/mol. The first-order chi connectivity index (χ1) is 8.74. The Kier molecular flexibility index (Phi) is 4.54. The summed E-state index contributed by atoms with van der Waals surface area (Å²) in [6, 6.07) is -0.518. The number of nitrogens with one attached hydrogen (secondary N) is 1. The molecule has 6 heteroatoms. The van der Waals surface area contributed by atoms with E-state index >= 15 is 0 Å². The van der Waals surface area contributed by atoms with Crippen molar-refractivity contribution in [2.45, 2.75) is 31.9 Å². The predicted molar refractivity (Wildman–Crippen MR) is 64.0 cm³/mol. The zero-order chi connectivity index (χ0) is 13.0. The van der Waals surface area contributed by atoms with Gasteiger partial charge in [-0.15, -0.1) is 0 Å². The number of hydrogen-bond acceptors (Lipinski definition) is 5. The van der Waals surface area contributed by atoms with Crippen LogP contribution in [-0.2, 0) is 19.1 Å². The van der Waals surface area contributed by atoms with Crippen molar-refractivity contribution in [1.29, 1.82) is 0 Å². The van der Waals surface area contributed by atoms with E-state index in [9.17, 15) is 9.59 Å². The van der Waals surface area contributed by atoms with E-state index in [1.165, 1.54) is 0 Å². The van der Waals surface area contributed by atoms with Gasteiger partial charge in [0, 0.05) is 26.2 Å². The molecule has 0 aromatic rings. The molecule has 2 aliphatic heterocycles. The summed E-state index contributed by atoms with van der Waals surface area (Å²) in [5.41, 5.74) is 0. The summed E-state index contributed by atoms with van der Waals surface area (Å²) in [5.74, 6) is -0.414. The Morgan fingerprint density at radius 3 is 3.00 bits per heavy atom. The summed E-state index contributed by atoms with van der Waals surface area (Å²) >= 11 is 0. The molecule has 1 amide bonds. The number of carbonyl (C=O) groups excluding carboxylic acids is 2. The minimum Gasteiger partial charge on any atom is -0.464 e. The van der Waals surface area contributed by atoms with Gasteiger partial charge in [0.15, 0.2) is 0 Å². The third kappa shape index (κ3) is 2.81. The van der Waals surface area contributed by atoms with Crippen LogP contribution in [0.25, 0.3) is 0 Å². The highest BCUT2D eigenvalue weighted by Gasteiger charge is 2.37. The molecule has 2 aliphatic rings. The standard InChI is InChI=1S/C12H20N2O4/c1-2-17-12(16)9-8-13-5-6-14(9)11(15)10-4-3-7-18-10/h9-10,13H,2-8H2,1H3/t9?,10-/m1/s1. The molecule has 0 bridgehead atoms. The van der Waals surface area contributed by atoms with E-state index in [-0.39, 0.29) is 18.0 Å². The first-order valence-corrected chi connectivity index (χ1v) is 6.53. The van der Waals surface area contributed by atoms with Crippen LogP contribution in [0.2, 0.25) is 0 Å². The van der Waals surface area contributed by atoms with Gasteiger partial charge in [0.2, 0.25) is 0 Å². The fraction of sp³-hybridized carbons (Fsp3) is 0.833. The normalized spacial score (nSPS) is 28.2. The van der Waals surface area contributed by atoms with Gasteiger partial charge in [-0.25, -0.2) is 4.79 Å². The van der Waals surface area contributed by atoms with Crippen molar-refractivity contribution in [3.05, 3.63) is 0 Å². The van der Waals surface area contributed by atoms with Crippen LogP contribution in [0.15, 0.2) is 0 Å². The van der Waals surface area contributed by atoms with E-state index in [2.05, 4.69) is 5.32 Å². The van der Waals surface area contributed by atoms with Gasteiger partial charge in [0.1, 0.15) is 12.1 Å². The highest BCUT2D eigenvalue weighted by Crippen LogP contribution is 2.17. The number of nitrogens with zero attached hydrogens (tertiary/aromatic N) is 1. The maximum atomic E-state index is 12.3. The van der Waals surface area contributed by atoms with Crippen LogP contribution in [0, 0.1) is 0 Å². The molecule has 0 aliphatic carbocycles. The number of carbonyl (C=O) groups is 2. The van der Waals surface area contributed by atoms with Crippen LogP contribution in [0.5, 0.6) is 0 Å². The number of piperazine rings is 1. The van der Waals surface area contributed by atoms with Gasteiger partial charge in [-0.3, -0.25) is 4.79 Å². The second kappa shape index (κ2) is 6.15.